The van der Waals surface area contributed by atoms with Crippen LogP contribution in [0.3, 0.4) is 0 Å². The smallest absolute Gasteiger partial charge is 0.256 e. The van der Waals surface area contributed by atoms with Crippen molar-refractivity contribution in [3.63, 3.8) is 0 Å². The van der Waals surface area contributed by atoms with Gasteiger partial charge in [-0.2, -0.15) is 0 Å². The first-order valence-electron chi connectivity index (χ1n) is 7.68. The first kappa shape index (κ1) is 14.1. The van der Waals surface area contributed by atoms with Crippen LogP contribution < -0.4 is 0 Å². The standard InChI is InChI=1S/C18H22N2O/c1-11(2)20(15-6-7-15)18(21)16-10-14-9-12(3)5-8-17(14)19-13(16)4/h5,8-11,15H,6-7H2,1-4H3. The Balaban J connectivity index is 2.06. The van der Waals surface area contributed by atoms with Crippen molar-refractivity contribution in [3.8, 4) is 0 Å². The van der Waals surface area contributed by atoms with Crippen molar-refractivity contribution in [1.82, 2.24) is 9.88 Å². The lowest BCUT2D eigenvalue weighted by atomic mass is 10.1. The van der Waals surface area contributed by atoms with Crippen molar-refractivity contribution in [2.24, 2.45) is 0 Å². The lowest BCUT2D eigenvalue weighted by Gasteiger charge is -2.27. The quantitative estimate of drug-likeness (QED) is 0.856. The van der Waals surface area contributed by atoms with Crippen LogP contribution in [-0.2, 0) is 0 Å². The van der Waals surface area contributed by atoms with Crippen LogP contribution in [0.4, 0.5) is 0 Å². The number of carbonyl (C=O) groups excluding carboxylic acids is 1. The number of hydrogen-bond acceptors (Lipinski definition) is 2. The van der Waals surface area contributed by atoms with Crippen molar-refractivity contribution in [1.29, 1.82) is 0 Å². The summed E-state index contributed by atoms with van der Waals surface area (Å²) < 4.78 is 0. The maximum atomic E-state index is 12.9. The molecule has 1 aliphatic rings. The summed E-state index contributed by atoms with van der Waals surface area (Å²) in [7, 11) is 0. The Morgan fingerprint density at radius 3 is 2.57 bits per heavy atom. The zero-order valence-corrected chi connectivity index (χ0v) is 13.2. The summed E-state index contributed by atoms with van der Waals surface area (Å²) in [5, 5.41) is 1.04. The van der Waals surface area contributed by atoms with Crippen LogP contribution in [0.25, 0.3) is 10.9 Å². The molecule has 1 aromatic carbocycles. The van der Waals surface area contributed by atoms with Crippen LogP contribution in [-0.4, -0.2) is 27.9 Å². The summed E-state index contributed by atoms with van der Waals surface area (Å²) in [6.07, 6.45) is 2.26. The number of aromatic nitrogens is 1. The van der Waals surface area contributed by atoms with E-state index in [1.54, 1.807) is 0 Å². The van der Waals surface area contributed by atoms with E-state index < -0.39 is 0 Å². The molecule has 1 aliphatic carbocycles. The predicted molar refractivity (Wildman–Crippen MR) is 85.5 cm³/mol. The van der Waals surface area contributed by atoms with Crippen molar-refractivity contribution >= 4 is 16.8 Å². The molecule has 2 aromatic rings. The summed E-state index contributed by atoms with van der Waals surface area (Å²) in [5.74, 6) is 0.126. The third-order valence-electron chi connectivity index (χ3n) is 4.12. The Hall–Kier alpha value is -1.90. The minimum absolute atomic E-state index is 0.126. The third-order valence-corrected chi connectivity index (χ3v) is 4.12. The van der Waals surface area contributed by atoms with Crippen LogP contribution >= 0.6 is 0 Å². The van der Waals surface area contributed by atoms with Crippen LogP contribution in [0.5, 0.6) is 0 Å². The molecule has 0 atom stereocenters. The van der Waals surface area contributed by atoms with Gasteiger partial charge in [-0.15, -0.1) is 0 Å². The number of nitrogens with zero attached hydrogens (tertiary/aromatic N) is 2. The molecule has 0 saturated heterocycles. The monoisotopic (exact) mass is 282 g/mol. The number of carbonyl (C=O) groups is 1. The molecule has 1 fully saturated rings. The van der Waals surface area contributed by atoms with Crippen molar-refractivity contribution < 1.29 is 4.79 Å². The first-order valence-corrected chi connectivity index (χ1v) is 7.68. The summed E-state index contributed by atoms with van der Waals surface area (Å²) >= 11 is 0. The van der Waals surface area contributed by atoms with Gasteiger partial charge in [0.1, 0.15) is 0 Å². The van der Waals surface area contributed by atoms with Gasteiger partial charge in [-0.05, 0) is 58.7 Å². The molecule has 1 saturated carbocycles. The van der Waals surface area contributed by atoms with E-state index >= 15 is 0 Å². The van der Waals surface area contributed by atoms with Gasteiger partial charge in [0.2, 0.25) is 0 Å². The van der Waals surface area contributed by atoms with Gasteiger partial charge in [0, 0.05) is 17.5 Å². The number of benzene rings is 1. The van der Waals surface area contributed by atoms with Gasteiger partial charge in [-0.3, -0.25) is 9.78 Å². The average Bonchev–Trinajstić information content (AvgIpc) is 3.22. The number of aryl methyl sites for hydroxylation is 2. The molecule has 0 N–H and O–H groups in total. The highest BCUT2D eigenvalue weighted by atomic mass is 16.2. The lowest BCUT2D eigenvalue weighted by Crippen LogP contribution is -2.39. The van der Waals surface area contributed by atoms with Crippen LogP contribution in [0.2, 0.25) is 0 Å². The zero-order valence-electron chi connectivity index (χ0n) is 13.2. The summed E-state index contributed by atoms with van der Waals surface area (Å²) in [4.78, 5) is 19.5. The van der Waals surface area contributed by atoms with Crippen molar-refractivity contribution in [3.05, 3.63) is 41.1 Å². The van der Waals surface area contributed by atoms with E-state index in [0.29, 0.717) is 6.04 Å². The topological polar surface area (TPSA) is 33.2 Å². The maximum Gasteiger partial charge on any atom is 0.256 e. The molecule has 3 heteroatoms. The van der Waals surface area contributed by atoms with E-state index in [-0.39, 0.29) is 11.9 Å². The second kappa shape index (κ2) is 5.14. The molecular formula is C18H22N2O. The van der Waals surface area contributed by atoms with Gasteiger partial charge in [0.05, 0.1) is 16.8 Å². The van der Waals surface area contributed by atoms with Gasteiger partial charge in [0.25, 0.3) is 5.91 Å². The van der Waals surface area contributed by atoms with Gasteiger partial charge in [0.15, 0.2) is 0 Å². The minimum atomic E-state index is 0.126. The second-order valence-corrected chi connectivity index (χ2v) is 6.35. The SMILES string of the molecule is Cc1ccc2nc(C)c(C(=O)N(C(C)C)C3CC3)cc2c1. The molecule has 0 bridgehead atoms. The molecule has 0 unspecified atom stereocenters. The van der Waals surface area contributed by atoms with E-state index in [1.807, 2.05) is 24.0 Å². The van der Waals surface area contributed by atoms with Crippen molar-refractivity contribution in [2.45, 2.75) is 52.6 Å². The first-order chi connectivity index (χ1) is 9.97. The minimum Gasteiger partial charge on any atom is -0.333 e. The fourth-order valence-corrected chi connectivity index (χ4v) is 2.92. The molecule has 3 nitrogen and oxygen atoms in total. The Morgan fingerprint density at radius 1 is 1.24 bits per heavy atom. The molecule has 21 heavy (non-hydrogen) atoms. The number of hydrogen-bond donors (Lipinski definition) is 0. The normalized spacial score (nSPS) is 14.7. The molecule has 0 radical (unpaired) electrons. The summed E-state index contributed by atoms with van der Waals surface area (Å²) in [6, 6.07) is 8.83. The molecule has 0 aliphatic heterocycles. The maximum absolute atomic E-state index is 12.9. The van der Waals surface area contributed by atoms with E-state index in [2.05, 4.69) is 37.9 Å². The van der Waals surface area contributed by atoms with Crippen LogP contribution in [0, 0.1) is 13.8 Å². The molecular weight excluding hydrogens is 260 g/mol. The Labute approximate surface area is 126 Å². The zero-order chi connectivity index (χ0) is 15.1. The van der Waals surface area contributed by atoms with Gasteiger partial charge < -0.3 is 4.90 Å². The van der Waals surface area contributed by atoms with E-state index in [4.69, 9.17) is 0 Å². The number of amides is 1. The number of fused-ring (bicyclic) bond motifs is 1. The predicted octanol–water partition coefficient (Wildman–Crippen LogP) is 3.86. The van der Waals surface area contributed by atoms with Crippen molar-refractivity contribution in [2.75, 3.05) is 0 Å². The van der Waals surface area contributed by atoms with E-state index in [0.717, 1.165) is 35.0 Å². The van der Waals surface area contributed by atoms with Crippen LogP contribution in [0.15, 0.2) is 24.3 Å². The van der Waals surface area contributed by atoms with Gasteiger partial charge >= 0.3 is 0 Å². The molecule has 0 spiro atoms. The fraction of sp³-hybridized carbons (Fsp3) is 0.444. The largest absolute Gasteiger partial charge is 0.333 e. The Morgan fingerprint density at radius 2 is 1.95 bits per heavy atom. The summed E-state index contributed by atoms with van der Waals surface area (Å²) in [5.41, 5.74) is 3.71. The molecule has 110 valence electrons. The lowest BCUT2D eigenvalue weighted by molar-refractivity contribution is 0.0689. The average molecular weight is 282 g/mol. The Kier molecular flexibility index (Phi) is 3.44. The molecule has 1 amide bonds. The number of pyridine rings is 1. The molecule has 3 rings (SSSR count). The van der Waals surface area contributed by atoms with E-state index in [1.165, 1.54) is 5.56 Å². The highest BCUT2D eigenvalue weighted by molar-refractivity contribution is 5.99. The third kappa shape index (κ3) is 2.65. The van der Waals surface area contributed by atoms with Crippen LogP contribution in [0.1, 0.15) is 48.3 Å². The highest BCUT2D eigenvalue weighted by Crippen LogP contribution is 2.31. The Bertz CT molecular complexity index is 700. The summed E-state index contributed by atoms with van der Waals surface area (Å²) in [6.45, 7) is 8.16. The van der Waals surface area contributed by atoms with Gasteiger partial charge in [-0.1, -0.05) is 11.6 Å². The number of rotatable bonds is 3. The molecule has 1 heterocycles. The van der Waals surface area contributed by atoms with Gasteiger partial charge in [-0.25, -0.2) is 0 Å². The highest BCUT2D eigenvalue weighted by Gasteiger charge is 2.35. The van der Waals surface area contributed by atoms with E-state index in [9.17, 15) is 4.79 Å². The molecule has 1 aromatic heterocycles. The fourth-order valence-electron chi connectivity index (χ4n) is 2.92. The second-order valence-electron chi connectivity index (χ2n) is 6.35.